The van der Waals surface area contributed by atoms with Gasteiger partial charge < -0.3 is 5.32 Å². The number of halogens is 3. The number of carbonyl (C=O) groups is 1. The molecule has 0 aliphatic carbocycles. The highest BCUT2D eigenvalue weighted by molar-refractivity contribution is 8.00. The lowest BCUT2D eigenvalue weighted by molar-refractivity contribution is -0.113. The Bertz CT molecular complexity index is 1200. The molecular weight excluding hydrogens is 469 g/mol. The summed E-state index contributed by atoms with van der Waals surface area (Å²) in [5, 5.41) is 8.10. The van der Waals surface area contributed by atoms with Crippen LogP contribution in [-0.4, -0.2) is 21.6 Å². The summed E-state index contributed by atoms with van der Waals surface area (Å²) in [6.07, 6.45) is 1.51. The number of thioether (sulfide) groups is 1. The predicted octanol–water partition coefficient (Wildman–Crippen LogP) is 7.05. The van der Waals surface area contributed by atoms with E-state index in [1.807, 2.05) is 29.6 Å². The van der Waals surface area contributed by atoms with E-state index in [0.717, 1.165) is 26.4 Å². The lowest BCUT2D eigenvalue weighted by atomic mass is 10.1. The van der Waals surface area contributed by atoms with Gasteiger partial charge in [0.25, 0.3) is 0 Å². The number of fused-ring (bicyclic) bond motifs is 1. The number of hydrogen-bond donors (Lipinski definition) is 1. The number of rotatable bonds is 5. The van der Waals surface area contributed by atoms with E-state index in [1.165, 1.54) is 29.4 Å². The Morgan fingerprint density at radius 1 is 1.03 bits per heavy atom. The smallest absolute Gasteiger partial charge is 0.234 e. The van der Waals surface area contributed by atoms with Crippen LogP contribution in [0.3, 0.4) is 0 Å². The van der Waals surface area contributed by atoms with E-state index >= 15 is 0 Å². The van der Waals surface area contributed by atoms with Gasteiger partial charge in [0, 0.05) is 21.0 Å². The molecule has 0 fully saturated rings. The van der Waals surface area contributed by atoms with Gasteiger partial charge in [-0.1, -0.05) is 58.7 Å². The van der Waals surface area contributed by atoms with Crippen LogP contribution in [0.2, 0.25) is 15.1 Å². The van der Waals surface area contributed by atoms with Crippen LogP contribution in [0.25, 0.3) is 21.3 Å². The maximum Gasteiger partial charge on any atom is 0.234 e. The van der Waals surface area contributed by atoms with Gasteiger partial charge >= 0.3 is 0 Å². The molecule has 0 aliphatic rings. The van der Waals surface area contributed by atoms with Gasteiger partial charge in [0.1, 0.15) is 16.2 Å². The van der Waals surface area contributed by atoms with Crippen molar-refractivity contribution in [3.8, 4) is 11.1 Å². The van der Waals surface area contributed by atoms with Crippen LogP contribution in [-0.2, 0) is 4.79 Å². The van der Waals surface area contributed by atoms with E-state index in [2.05, 4.69) is 15.3 Å². The van der Waals surface area contributed by atoms with Gasteiger partial charge in [0.2, 0.25) is 5.91 Å². The second kappa shape index (κ2) is 8.90. The summed E-state index contributed by atoms with van der Waals surface area (Å²) in [7, 11) is 0. The zero-order chi connectivity index (χ0) is 20.4. The van der Waals surface area contributed by atoms with E-state index in [1.54, 1.807) is 18.2 Å². The molecule has 2 aromatic heterocycles. The van der Waals surface area contributed by atoms with Gasteiger partial charge in [-0.25, -0.2) is 9.97 Å². The molecule has 0 saturated carbocycles. The van der Waals surface area contributed by atoms with Crippen molar-refractivity contribution in [3.63, 3.8) is 0 Å². The number of nitrogens with zero attached hydrogens (tertiary/aromatic N) is 2. The molecule has 2 aromatic carbocycles. The van der Waals surface area contributed by atoms with Crippen molar-refractivity contribution in [2.75, 3.05) is 11.1 Å². The third-order valence-corrected chi connectivity index (χ3v) is 6.73. The predicted molar refractivity (Wildman–Crippen MR) is 124 cm³/mol. The zero-order valence-electron chi connectivity index (χ0n) is 14.7. The Hall–Kier alpha value is -1.83. The molecule has 0 aliphatic heterocycles. The quantitative estimate of drug-likeness (QED) is 0.246. The molecule has 0 unspecified atom stereocenters. The van der Waals surface area contributed by atoms with Crippen molar-refractivity contribution in [2.24, 2.45) is 0 Å². The SMILES string of the molecule is O=C(CSc1ncnc2scc(-c3ccc(Cl)cc3)c12)Nc1cc(Cl)ccc1Cl. The molecule has 0 saturated heterocycles. The molecule has 1 amide bonds. The summed E-state index contributed by atoms with van der Waals surface area (Å²) in [4.78, 5) is 22.0. The van der Waals surface area contributed by atoms with Gasteiger partial charge in [0.15, 0.2) is 0 Å². The number of hydrogen-bond acceptors (Lipinski definition) is 5. The second-order valence-corrected chi connectivity index (χ2v) is 9.08. The highest BCUT2D eigenvalue weighted by Crippen LogP contribution is 2.38. The van der Waals surface area contributed by atoms with Crippen LogP contribution in [0.4, 0.5) is 5.69 Å². The molecule has 1 N–H and O–H groups in total. The van der Waals surface area contributed by atoms with Crippen molar-refractivity contribution in [1.29, 1.82) is 0 Å². The van der Waals surface area contributed by atoms with Gasteiger partial charge in [-0.05, 0) is 35.9 Å². The second-order valence-electron chi connectivity index (χ2n) is 5.98. The molecular formula is C20H12Cl3N3OS2. The summed E-state index contributed by atoms with van der Waals surface area (Å²) >= 11 is 21.0. The maximum absolute atomic E-state index is 12.4. The van der Waals surface area contributed by atoms with Crippen molar-refractivity contribution in [2.45, 2.75) is 5.03 Å². The van der Waals surface area contributed by atoms with Crippen LogP contribution >= 0.6 is 57.9 Å². The summed E-state index contributed by atoms with van der Waals surface area (Å²) in [6.45, 7) is 0. The van der Waals surface area contributed by atoms with E-state index in [-0.39, 0.29) is 11.7 Å². The number of thiophene rings is 1. The Morgan fingerprint density at radius 2 is 1.79 bits per heavy atom. The van der Waals surface area contributed by atoms with Crippen LogP contribution in [0.1, 0.15) is 0 Å². The molecule has 29 heavy (non-hydrogen) atoms. The molecule has 0 spiro atoms. The molecule has 4 nitrogen and oxygen atoms in total. The summed E-state index contributed by atoms with van der Waals surface area (Å²) < 4.78 is 0. The molecule has 0 radical (unpaired) electrons. The summed E-state index contributed by atoms with van der Waals surface area (Å²) in [6, 6.07) is 12.5. The van der Waals surface area contributed by atoms with Crippen LogP contribution < -0.4 is 5.32 Å². The monoisotopic (exact) mass is 479 g/mol. The van der Waals surface area contributed by atoms with E-state index < -0.39 is 0 Å². The molecule has 2 heterocycles. The Balaban J connectivity index is 1.56. The Kier molecular flexibility index (Phi) is 6.27. The number of amides is 1. The van der Waals surface area contributed by atoms with Crippen molar-refractivity contribution < 1.29 is 4.79 Å². The van der Waals surface area contributed by atoms with Crippen LogP contribution in [0.5, 0.6) is 0 Å². The standard InChI is InChI=1S/C20H12Cl3N3OS2/c21-12-3-1-11(2-4-12)14-8-28-19-18(14)20(25-10-24-19)29-9-17(27)26-16-7-13(22)5-6-15(16)23/h1-8,10H,9H2,(H,26,27). The Morgan fingerprint density at radius 3 is 2.59 bits per heavy atom. The topological polar surface area (TPSA) is 54.9 Å². The average Bonchev–Trinajstić information content (AvgIpc) is 3.14. The van der Waals surface area contributed by atoms with Crippen molar-refractivity contribution in [1.82, 2.24) is 9.97 Å². The number of anilines is 1. The number of nitrogens with one attached hydrogen (secondary N) is 1. The first-order chi connectivity index (χ1) is 14.0. The minimum absolute atomic E-state index is 0.171. The first kappa shape index (κ1) is 20.4. The number of carbonyl (C=O) groups excluding carboxylic acids is 1. The molecule has 0 atom stereocenters. The normalized spacial score (nSPS) is 11.0. The lowest BCUT2D eigenvalue weighted by Gasteiger charge is -2.08. The number of benzene rings is 2. The van der Waals surface area contributed by atoms with E-state index in [0.29, 0.717) is 20.8 Å². The van der Waals surface area contributed by atoms with Gasteiger partial charge in [-0.2, -0.15) is 0 Å². The lowest BCUT2D eigenvalue weighted by Crippen LogP contribution is -2.14. The fourth-order valence-corrected chi connectivity index (χ4v) is 4.97. The summed E-state index contributed by atoms with van der Waals surface area (Å²) in [5.74, 6) is -0.0283. The van der Waals surface area contributed by atoms with Crippen LogP contribution in [0.15, 0.2) is 59.2 Å². The third kappa shape index (κ3) is 4.68. The van der Waals surface area contributed by atoms with Gasteiger partial charge in [-0.15, -0.1) is 11.3 Å². The molecule has 4 rings (SSSR count). The third-order valence-electron chi connectivity index (χ3n) is 4.03. The van der Waals surface area contributed by atoms with Crippen molar-refractivity contribution >= 4 is 79.7 Å². The first-order valence-electron chi connectivity index (χ1n) is 8.37. The van der Waals surface area contributed by atoms with E-state index in [4.69, 9.17) is 34.8 Å². The fourth-order valence-electron chi connectivity index (χ4n) is 2.71. The summed E-state index contributed by atoms with van der Waals surface area (Å²) in [5.41, 5.74) is 2.52. The van der Waals surface area contributed by atoms with Gasteiger partial charge in [0.05, 0.1) is 21.8 Å². The minimum atomic E-state index is -0.200. The number of aromatic nitrogens is 2. The van der Waals surface area contributed by atoms with E-state index in [9.17, 15) is 4.79 Å². The largest absolute Gasteiger partial charge is 0.324 e. The van der Waals surface area contributed by atoms with Crippen LogP contribution in [0, 0.1) is 0 Å². The zero-order valence-corrected chi connectivity index (χ0v) is 18.6. The molecule has 146 valence electrons. The molecule has 9 heteroatoms. The van der Waals surface area contributed by atoms with Gasteiger partial charge in [-0.3, -0.25) is 4.79 Å². The minimum Gasteiger partial charge on any atom is -0.324 e. The maximum atomic E-state index is 12.4. The highest BCUT2D eigenvalue weighted by atomic mass is 35.5. The van der Waals surface area contributed by atoms with Crippen molar-refractivity contribution in [3.05, 3.63) is 69.2 Å². The average molecular weight is 481 g/mol. The first-order valence-corrected chi connectivity index (χ1v) is 11.4. The molecule has 0 bridgehead atoms. The Labute approximate surface area is 190 Å². The highest BCUT2D eigenvalue weighted by Gasteiger charge is 2.15. The molecule has 4 aromatic rings. The fraction of sp³-hybridized carbons (Fsp3) is 0.0500.